The topological polar surface area (TPSA) is 109 Å². The minimum absolute atomic E-state index is 0.0464. The molecule has 3 N–H and O–H groups in total. The second-order valence-corrected chi connectivity index (χ2v) is 9.83. The number of aromatic nitrogens is 1. The van der Waals surface area contributed by atoms with Gasteiger partial charge in [0.25, 0.3) is 5.91 Å². The summed E-state index contributed by atoms with van der Waals surface area (Å²) in [7, 11) is 4.91. The van der Waals surface area contributed by atoms with Crippen molar-refractivity contribution in [3.63, 3.8) is 0 Å². The molecule has 1 aliphatic rings. The van der Waals surface area contributed by atoms with Crippen molar-refractivity contribution >= 4 is 40.0 Å². The van der Waals surface area contributed by atoms with Crippen molar-refractivity contribution in [2.24, 2.45) is 0 Å². The lowest BCUT2D eigenvalue weighted by Crippen LogP contribution is -2.54. The summed E-state index contributed by atoms with van der Waals surface area (Å²) in [6.45, 7) is 5.80. The number of carbonyl (C=O) groups is 1. The van der Waals surface area contributed by atoms with Gasteiger partial charge in [-0.05, 0) is 55.1 Å². The number of fused-ring (bicyclic) bond motifs is 1. The molecule has 0 atom stereocenters. The molecular formula is C29H35N5O4. The molecule has 0 radical (unpaired) electrons. The van der Waals surface area contributed by atoms with Crippen LogP contribution in [0.5, 0.6) is 5.75 Å². The van der Waals surface area contributed by atoms with Crippen LogP contribution in [-0.4, -0.2) is 74.7 Å². The highest BCUT2D eigenvalue weighted by Crippen LogP contribution is 2.31. The monoisotopic (exact) mass is 517 g/mol. The fraction of sp³-hybridized carbons (Fsp3) is 0.345. The van der Waals surface area contributed by atoms with Crippen LogP contribution in [0.1, 0.15) is 29.8 Å². The average molecular weight is 518 g/mol. The lowest BCUT2D eigenvalue weighted by atomic mass is 10.0. The number of amides is 1. The molecule has 0 aliphatic carbocycles. The molecule has 3 aromatic rings. The van der Waals surface area contributed by atoms with Gasteiger partial charge in [0.05, 0.1) is 24.5 Å². The number of ether oxygens (including phenoxy) is 3. The summed E-state index contributed by atoms with van der Waals surface area (Å²) in [6.07, 6.45) is 5.07. The Kier molecular flexibility index (Phi) is 8.29. The smallest absolute Gasteiger partial charge is 0.254 e. The van der Waals surface area contributed by atoms with Gasteiger partial charge in [-0.15, -0.1) is 0 Å². The lowest BCUT2D eigenvalue weighted by molar-refractivity contribution is -0.0192. The SMILES string of the molecule is COc1cc(C(=O)N2CC(OC)C2)ccc1Nc1cc2cc(/C(C=N)=C/NCC(C)(C)OC)ccc2cn1. The summed E-state index contributed by atoms with van der Waals surface area (Å²) >= 11 is 0. The van der Waals surface area contributed by atoms with E-state index in [0.717, 1.165) is 21.9 Å². The molecule has 1 saturated heterocycles. The molecule has 1 fully saturated rings. The third kappa shape index (κ3) is 6.12. The molecule has 38 heavy (non-hydrogen) atoms. The first-order chi connectivity index (χ1) is 18.3. The number of benzene rings is 2. The van der Waals surface area contributed by atoms with Gasteiger partial charge in [0.2, 0.25) is 0 Å². The Balaban J connectivity index is 1.52. The van der Waals surface area contributed by atoms with Crippen LogP contribution in [-0.2, 0) is 9.47 Å². The molecule has 0 spiro atoms. The molecule has 9 heteroatoms. The van der Waals surface area contributed by atoms with Crippen LogP contribution < -0.4 is 15.4 Å². The normalized spacial score (nSPS) is 14.2. The molecule has 0 bridgehead atoms. The summed E-state index contributed by atoms with van der Waals surface area (Å²) in [4.78, 5) is 19.1. The number of likely N-dealkylation sites (tertiary alicyclic amines) is 1. The Morgan fingerprint density at radius 1 is 1.11 bits per heavy atom. The van der Waals surface area contributed by atoms with E-state index >= 15 is 0 Å². The van der Waals surface area contributed by atoms with Crippen molar-refractivity contribution in [3.8, 4) is 5.75 Å². The minimum Gasteiger partial charge on any atom is -0.495 e. The van der Waals surface area contributed by atoms with E-state index in [-0.39, 0.29) is 17.6 Å². The lowest BCUT2D eigenvalue weighted by Gasteiger charge is -2.38. The van der Waals surface area contributed by atoms with Crippen LogP contribution >= 0.6 is 0 Å². The number of rotatable bonds is 11. The third-order valence-corrected chi connectivity index (χ3v) is 6.73. The molecule has 9 nitrogen and oxygen atoms in total. The van der Waals surface area contributed by atoms with Gasteiger partial charge in [0.1, 0.15) is 11.6 Å². The number of methoxy groups -OCH3 is 3. The average Bonchev–Trinajstić information content (AvgIpc) is 2.90. The van der Waals surface area contributed by atoms with Gasteiger partial charge in [-0.2, -0.15) is 0 Å². The van der Waals surface area contributed by atoms with Gasteiger partial charge in [0.15, 0.2) is 0 Å². The Hall–Kier alpha value is -3.95. The van der Waals surface area contributed by atoms with Crippen molar-refractivity contribution in [1.29, 1.82) is 5.41 Å². The molecule has 200 valence electrons. The second kappa shape index (κ2) is 11.6. The van der Waals surface area contributed by atoms with Crippen molar-refractivity contribution in [2.75, 3.05) is 46.3 Å². The first-order valence-electron chi connectivity index (χ1n) is 12.4. The molecule has 2 aromatic carbocycles. The van der Waals surface area contributed by atoms with E-state index in [1.807, 2.05) is 50.4 Å². The van der Waals surface area contributed by atoms with Crippen LogP contribution in [0.15, 0.2) is 54.9 Å². The molecule has 0 saturated carbocycles. The number of allylic oxidation sites excluding steroid dienone is 1. The van der Waals surface area contributed by atoms with Crippen molar-refractivity contribution in [2.45, 2.75) is 25.6 Å². The van der Waals surface area contributed by atoms with E-state index in [1.165, 1.54) is 6.21 Å². The number of nitrogens with zero attached hydrogens (tertiary/aromatic N) is 2. The highest BCUT2D eigenvalue weighted by molar-refractivity contribution is 6.09. The maximum atomic E-state index is 12.8. The fourth-order valence-corrected chi connectivity index (χ4v) is 4.08. The number of anilines is 2. The van der Waals surface area contributed by atoms with Gasteiger partial charge in [0, 0.05) is 69.0 Å². The predicted octanol–water partition coefficient (Wildman–Crippen LogP) is 4.46. The highest BCUT2D eigenvalue weighted by Gasteiger charge is 2.31. The molecular weight excluding hydrogens is 482 g/mol. The molecule has 1 aromatic heterocycles. The Morgan fingerprint density at radius 2 is 1.87 bits per heavy atom. The first kappa shape index (κ1) is 27.1. The molecule has 2 heterocycles. The van der Waals surface area contributed by atoms with Crippen molar-refractivity contribution < 1.29 is 19.0 Å². The summed E-state index contributed by atoms with van der Waals surface area (Å²) in [5.41, 5.74) is 2.62. The summed E-state index contributed by atoms with van der Waals surface area (Å²) < 4.78 is 16.3. The van der Waals surface area contributed by atoms with Gasteiger partial charge in [-0.3, -0.25) is 4.79 Å². The maximum absolute atomic E-state index is 12.8. The summed E-state index contributed by atoms with van der Waals surface area (Å²) in [5, 5.41) is 16.4. The minimum atomic E-state index is -0.312. The maximum Gasteiger partial charge on any atom is 0.254 e. The summed E-state index contributed by atoms with van der Waals surface area (Å²) in [6, 6.07) is 13.3. The van der Waals surface area contributed by atoms with E-state index in [1.54, 1.807) is 44.6 Å². The van der Waals surface area contributed by atoms with Crippen LogP contribution in [0.25, 0.3) is 16.3 Å². The van der Waals surface area contributed by atoms with E-state index in [4.69, 9.17) is 19.6 Å². The number of pyridine rings is 1. The predicted molar refractivity (Wildman–Crippen MR) is 151 cm³/mol. The zero-order valence-electron chi connectivity index (χ0n) is 22.5. The molecule has 1 aliphatic heterocycles. The van der Waals surface area contributed by atoms with Gasteiger partial charge in [-0.25, -0.2) is 4.98 Å². The number of hydrogen-bond acceptors (Lipinski definition) is 8. The standard InChI is InChI=1S/C29H35N5O4/c1-29(2,38-5)18-31-14-23(13-30)19-6-7-21-15-32-27(12-22(21)10-19)33-25-9-8-20(11-26(25)37-4)28(35)34-16-24(17-34)36-3/h6-15,24,30-31H,16-18H2,1-5H3,(H,32,33)/b23-14+,30-13?. The molecule has 4 rings (SSSR count). The molecule has 1 amide bonds. The van der Waals surface area contributed by atoms with Crippen molar-refractivity contribution in [1.82, 2.24) is 15.2 Å². The Morgan fingerprint density at radius 3 is 2.55 bits per heavy atom. The van der Waals surface area contributed by atoms with Gasteiger partial charge < -0.3 is 35.2 Å². The number of nitrogens with one attached hydrogen (secondary N) is 3. The van der Waals surface area contributed by atoms with E-state index in [2.05, 4.69) is 15.6 Å². The van der Waals surface area contributed by atoms with Crippen LogP contribution in [0.3, 0.4) is 0 Å². The first-order valence-corrected chi connectivity index (χ1v) is 12.4. The van der Waals surface area contributed by atoms with E-state index < -0.39 is 0 Å². The van der Waals surface area contributed by atoms with Crippen molar-refractivity contribution in [3.05, 3.63) is 66.0 Å². The fourth-order valence-electron chi connectivity index (χ4n) is 4.08. The largest absolute Gasteiger partial charge is 0.495 e. The zero-order chi connectivity index (χ0) is 27.3. The second-order valence-electron chi connectivity index (χ2n) is 9.83. The zero-order valence-corrected chi connectivity index (χ0v) is 22.5. The van der Waals surface area contributed by atoms with Crippen LogP contribution in [0, 0.1) is 5.41 Å². The Labute approximate surface area is 223 Å². The highest BCUT2D eigenvalue weighted by atomic mass is 16.5. The molecule has 0 unspecified atom stereocenters. The number of hydrogen-bond donors (Lipinski definition) is 3. The van der Waals surface area contributed by atoms with Gasteiger partial charge in [-0.1, -0.05) is 12.1 Å². The quantitative estimate of drug-likeness (QED) is 0.322. The van der Waals surface area contributed by atoms with Crippen LogP contribution in [0.2, 0.25) is 0 Å². The van der Waals surface area contributed by atoms with E-state index in [0.29, 0.717) is 42.5 Å². The van der Waals surface area contributed by atoms with E-state index in [9.17, 15) is 4.79 Å². The van der Waals surface area contributed by atoms with Crippen LogP contribution in [0.4, 0.5) is 11.5 Å². The Bertz CT molecular complexity index is 1350. The summed E-state index contributed by atoms with van der Waals surface area (Å²) in [5.74, 6) is 1.14. The third-order valence-electron chi connectivity index (χ3n) is 6.73. The number of carbonyl (C=O) groups excluding carboxylic acids is 1. The van der Waals surface area contributed by atoms with Gasteiger partial charge >= 0.3 is 0 Å².